The van der Waals surface area contributed by atoms with E-state index in [1.54, 1.807) is 32.4 Å². The maximum Gasteiger partial charge on any atom is 0.270 e. The Morgan fingerprint density at radius 2 is 1.71 bits per heavy atom. The highest BCUT2D eigenvalue weighted by Crippen LogP contribution is 2.30. The van der Waals surface area contributed by atoms with Gasteiger partial charge in [0.15, 0.2) is 11.5 Å². The van der Waals surface area contributed by atoms with Crippen LogP contribution in [0.2, 0.25) is 0 Å². The van der Waals surface area contributed by atoms with Crippen molar-refractivity contribution in [3.63, 3.8) is 0 Å². The van der Waals surface area contributed by atoms with Crippen molar-refractivity contribution in [2.75, 3.05) is 19.5 Å². The summed E-state index contributed by atoms with van der Waals surface area (Å²) in [5.74, 6) is 1.46. The standard InChI is InChI=1S/C21H22N4O3/c1-14-4-6-15(7-5-14)12-22-21(26)17-11-20(24-13-23-17)25-16-8-9-18(27-2)19(10-16)28-3/h4-11,13H,12H2,1-3H3,(H,22,26)(H,23,24,25). The first-order valence-corrected chi connectivity index (χ1v) is 8.74. The number of benzene rings is 2. The molecule has 0 fully saturated rings. The minimum atomic E-state index is -0.265. The van der Waals surface area contributed by atoms with E-state index in [1.165, 1.54) is 11.9 Å². The molecule has 2 aromatic carbocycles. The zero-order chi connectivity index (χ0) is 19.9. The highest BCUT2D eigenvalue weighted by Gasteiger charge is 2.10. The molecule has 144 valence electrons. The number of hydrogen-bond donors (Lipinski definition) is 2. The number of carbonyl (C=O) groups excluding carboxylic acids is 1. The largest absolute Gasteiger partial charge is 0.493 e. The summed E-state index contributed by atoms with van der Waals surface area (Å²) < 4.78 is 10.5. The van der Waals surface area contributed by atoms with Crippen LogP contribution in [0.15, 0.2) is 54.9 Å². The van der Waals surface area contributed by atoms with Crippen LogP contribution >= 0.6 is 0 Å². The third-order valence-electron chi connectivity index (χ3n) is 4.13. The molecule has 0 bridgehead atoms. The summed E-state index contributed by atoms with van der Waals surface area (Å²) in [6.45, 7) is 2.46. The number of methoxy groups -OCH3 is 2. The summed E-state index contributed by atoms with van der Waals surface area (Å²) in [6.07, 6.45) is 1.35. The van der Waals surface area contributed by atoms with E-state index in [9.17, 15) is 4.79 Å². The summed E-state index contributed by atoms with van der Waals surface area (Å²) in [5, 5.41) is 6.00. The van der Waals surface area contributed by atoms with Crippen molar-refractivity contribution in [2.24, 2.45) is 0 Å². The minimum absolute atomic E-state index is 0.265. The van der Waals surface area contributed by atoms with E-state index >= 15 is 0 Å². The second-order valence-electron chi connectivity index (χ2n) is 6.15. The predicted molar refractivity (Wildman–Crippen MR) is 107 cm³/mol. The van der Waals surface area contributed by atoms with Crippen molar-refractivity contribution in [1.82, 2.24) is 15.3 Å². The number of aromatic nitrogens is 2. The quantitative estimate of drug-likeness (QED) is 0.655. The lowest BCUT2D eigenvalue weighted by Crippen LogP contribution is -2.24. The molecule has 1 heterocycles. The first-order valence-electron chi connectivity index (χ1n) is 8.74. The van der Waals surface area contributed by atoms with E-state index in [-0.39, 0.29) is 11.6 Å². The second-order valence-corrected chi connectivity index (χ2v) is 6.15. The van der Waals surface area contributed by atoms with Crippen LogP contribution in [0.4, 0.5) is 11.5 Å². The Morgan fingerprint density at radius 1 is 0.964 bits per heavy atom. The van der Waals surface area contributed by atoms with Crippen LogP contribution in [-0.2, 0) is 6.54 Å². The molecule has 0 atom stereocenters. The Hall–Kier alpha value is -3.61. The molecular formula is C21H22N4O3. The monoisotopic (exact) mass is 378 g/mol. The van der Waals surface area contributed by atoms with Gasteiger partial charge in [0.25, 0.3) is 5.91 Å². The van der Waals surface area contributed by atoms with Crippen LogP contribution in [0.25, 0.3) is 0 Å². The lowest BCUT2D eigenvalue weighted by atomic mass is 10.1. The molecule has 0 aliphatic rings. The maximum absolute atomic E-state index is 12.4. The molecule has 0 aliphatic heterocycles. The SMILES string of the molecule is COc1ccc(Nc2cc(C(=O)NCc3ccc(C)cc3)ncn2)cc1OC. The van der Waals surface area contributed by atoms with Gasteiger partial charge in [0.1, 0.15) is 17.8 Å². The van der Waals surface area contributed by atoms with Gasteiger partial charge in [-0.3, -0.25) is 4.79 Å². The van der Waals surface area contributed by atoms with E-state index in [0.717, 1.165) is 11.3 Å². The lowest BCUT2D eigenvalue weighted by molar-refractivity contribution is 0.0946. The number of carbonyl (C=O) groups is 1. The van der Waals surface area contributed by atoms with Crippen LogP contribution < -0.4 is 20.1 Å². The van der Waals surface area contributed by atoms with Crippen LogP contribution in [-0.4, -0.2) is 30.1 Å². The number of amides is 1. The topological polar surface area (TPSA) is 85.4 Å². The van der Waals surface area contributed by atoms with Gasteiger partial charge < -0.3 is 20.1 Å². The van der Waals surface area contributed by atoms with Gasteiger partial charge in [-0.25, -0.2) is 9.97 Å². The number of nitrogens with one attached hydrogen (secondary N) is 2. The molecule has 0 spiro atoms. The van der Waals surface area contributed by atoms with E-state index in [1.807, 2.05) is 37.3 Å². The molecule has 3 rings (SSSR count). The van der Waals surface area contributed by atoms with E-state index in [0.29, 0.717) is 23.9 Å². The fourth-order valence-corrected chi connectivity index (χ4v) is 2.59. The first kappa shape index (κ1) is 19.2. The Balaban J connectivity index is 1.67. The first-order chi connectivity index (χ1) is 13.6. The molecule has 3 aromatic rings. The number of hydrogen-bond acceptors (Lipinski definition) is 6. The fraction of sp³-hybridized carbons (Fsp3) is 0.190. The highest BCUT2D eigenvalue weighted by molar-refractivity contribution is 5.92. The van der Waals surface area contributed by atoms with Crippen LogP contribution in [0, 0.1) is 6.92 Å². The molecule has 0 aliphatic carbocycles. The maximum atomic E-state index is 12.4. The van der Waals surface area contributed by atoms with E-state index < -0.39 is 0 Å². The zero-order valence-electron chi connectivity index (χ0n) is 16.0. The van der Waals surface area contributed by atoms with Gasteiger partial charge in [-0.15, -0.1) is 0 Å². The molecule has 7 nitrogen and oxygen atoms in total. The smallest absolute Gasteiger partial charge is 0.270 e. The Labute approximate surface area is 163 Å². The molecule has 0 unspecified atom stereocenters. The predicted octanol–water partition coefficient (Wildman–Crippen LogP) is 3.48. The van der Waals surface area contributed by atoms with Crippen molar-refractivity contribution < 1.29 is 14.3 Å². The molecule has 7 heteroatoms. The number of rotatable bonds is 7. The van der Waals surface area contributed by atoms with Crippen LogP contribution in [0.5, 0.6) is 11.5 Å². The molecule has 28 heavy (non-hydrogen) atoms. The average Bonchev–Trinajstić information content (AvgIpc) is 2.73. The normalized spacial score (nSPS) is 10.2. The van der Waals surface area contributed by atoms with Crippen molar-refractivity contribution in [1.29, 1.82) is 0 Å². The average molecular weight is 378 g/mol. The highest BCUT2D eigenvalue weighted by atomic mass is 16.5. The molecular weight excluding hydrogens is 356 g/mol. The van der Waals surface area contributed by atoms with Gasteiger partial charge in [0.2, 0.25) is 0 Å². The van der Waals surface area contributed by atoms with Crippen molar-refractivity contribution in [2.45, 2.75) is 13.5 Å². The Bertz CT molecular complexity index is 958. The minimum Gasteiger partial charge on any atom is -0.493 e. The summed E-state index contributed by atoms with van der Waals surface area (Å²) in [5.41, 5.74) is 3.24. The number of ether oxygens (including phenoxy) is 2. The summed E-state index contributed by atoms with van der Waals surface area (Å²) in [4.78, 5) is 20.6. The van der Waals surface area contributed by atoms with Gasteiger partial charge in [-0.05, 0) is 24.6 Å². The number of aryl methyl sites for hydroxylation is 1. The molecule has 0 saturated carbocycles. The lowest BCUT2D eigenvalue weighted by Gasteiger charge is -2.11. The number of nitrogens with zero attached hydrogens (tertiary/aromatic N) is 2. The second kappa shape index (κ2) is 8.85. The molecule has 0 radical (unpaired) electrons. The third kappa shape index (κ3) is 4.76. The molecule has 1 aromatic heterocycles. The zero-order valence-corrected chi connectivity index (χ0v) is 16.0. The molecule has 0 saturated heterocycles. The Kier molecular flexibility index (Phi) is 6.06. The summed E-state index contributed by atoms with van der Waals surface area (Å²) in [6, 6.07) is 15.0. The van der Waals surface area contributed by atoms with Crippen molar-refractivity contribution >= 4 is 17.4 Å². The van der Waals surface area contributed by atoms with E-state index in [4.69, 9.17) is 9.47 Å². The van der Waals surface area contributed by atoms with Gasteiger partial charge in [0.05, 0.1) is 14.2 Å². The summed E-state index contributed by atoms with van der Waals surface area (Å²) in [7, 11) is 3.15. The van der Waals surface area contributed by atoms with Crippen molar-refractivity contribution in [3.05, 3.63) is 71.7 Å². The van der Waals surface area contributed by atoms with Gasteiger partial charge in [-0.1, -0.05) is 29.8 Å². The van der Waals surface area contributed by atoms with Crippen LogP contribution in [0.3, 0.4) is 0 Å². The van der Waals surface area contributed by atoms with Crippen LogP contribution in [0.1, 0.15) is 21.6 Å². The van der Waals surface area contributed by atoms with Gasteiger partial charge in [-0.2, -0.15) is 0 Å². The molecule has 2 N–H and O–H groups in total. The fourth-order valence-electron chi connectivity index (χ4n) is 2.59. The Morgan fingerprint density at radius 3 is 2.43 bits per heavy atom. The number of anilines is 2. The summed E-state index contributed by atoms with van der Waals surface area (Å²) >= 11 is 0. The van der Waals surface area contributed by atoms with Crippen molar-refractivity contribution in [3.8, 4) is 11.5 Å². The van der Waals surface area contributed by atoms with Gasteiger partial charge in [0, 0.05) is 24.4 Å². The van der Waals surface area contributed by atoms with Gasteiger partial charge >= 0.3 is 0 Å². The third-order valence-corrected chi connectivity index (χ3v) is 4.13. The molecule has 1 amide bonds. The van der Waals surface area contributed by atoms with E-state index in [2.05, 4.69) is 20.6 Å².